The molecule has 0 atom stereocenters. The van der Waals surface area contributed by atoms with Gasteiger partial charge in [0.15, 0.2) is 4.67 Å². The minimum Gasteiger partial charge on any atom is -0.448 e. The minimum absolute atomic E-state index is 0.754. The second-order valence-corrected chi connectivity index (χ2v) is 6.50. The van der Waals surface area contributed by atoms with E-state index >= 15 is 0 Å². The molecule has 102 valence electrons. The first-order valence-electron chi connectivity index (χ1n) is 6.50. The van der Waals surface area contributed by atoms with Crippen LogP contribution in [0.25, 0.3) is 10.6 Å². The van der Waals surface area contributed by atoms with Gasteiger partial charge >= 0.3 is 0 Å². The van der Waals surface area contributed by atoms with Crippen molar-refractivity contribution in [2.75, 3.05) is 13.1 Å². The second kappa shape index (κ2) is 6.17. The van der Waals surface area contributed by atoms with Gasteiger partial charge in [0.1, 0.15) is 10.8 Å². The van der Waals surface area contributed by atoms with Crippen LogP contribution >= 0.6 is 27.3 Å². The van der Waals surface area contributed by atoms with Crippen LogP contribution in [-0.2, 0) is 6.54 Å². The van der Waals surface area contributed by atoms with Crippen LogP contribution in [0.3, 0.4) is 0 Å². The van der Waals surface area contributed by atoms with Crippen molar-refractivity contribution < 1.29 is 4.42 Å². The molecule has 0 amide bonds. The van der Waals surface area contributed by atoms with Crippen LogP contribution in [-0.4, -0.2) is 23.1 Å². The molecule has 19 heavy (non-hydrogen) atoms. The summed E-state index contributed by atoms with van der Waals surface area (Å²) in [5.74, 6) is 0.869. The fraction of sp³-hybridized carbons (Fsp3) is 0.462. The van der Waals surface area contributed by atoms with Gasteiger partial charge in [-0.05, 0) is 40.9 Å². The van der Waals surface area contributed by atoms with Gasteiger partial charge in [-0.1, -0.05) is 6.42 Å². The lowest BCUT2D eigenvalue weighted by atomic mass is 10.2. The quantitative estimate of drug-likeness (QED) is 0.921. The first-order chi connectivity index (χ1) is 9.31. The van der Waals surface area contributed by atoms with Crippen LogP contribution in [0.15, 0.2) is 27.4 Å². The fourth-order valence-corrected chi connectivity index (χ4v) is 3.30. The van der Waals surface area contributed by atoms with Crippen LogP contribution < -0.4 is 5.43 Å². The van der Waals surface area contributed by atoms with E-state index in [1.165, 1.54) is 19.3 Å². The zero-order valence-corrected chi connectivity index (χ0v) is 13.0. The summed E-state index contributed by atoms with van der Waals surface area (Å²) in [5.41, 5.74) is 3.45. The minimum atomic E-state index is 0.754. The van der Waals surface area contributed by atoms with Crippen molar-refractivity contribution in [1.82, 2.24) is 15.4 Å². The topological polar surface area (TPSA) is 41.3 Å². The maximum absolute atomic E-state index is 5.53. The molecule has 0 bridgehead atoms. The molecule has 4 nitrogen and oxygen atoms in total. The first-order valence-corrected chi connectivity index (χ1v) is 8.11. The number of halogens is 1. The molecule has 1 aliphatic rings. The summed E-state index contributed by atoms with van der Waals surface area (Å²) in [6.45, 7) is 3.08. The molecule has 0 aromatic carbocycles. The highest BCUT2D eigenvalue weighted by atomic mass is 79.9. The van der Waals surface area contributed by atoms with Crippen molar-refractivity contribution in [2.24, 2.45) is 0 Å². The molecule has 0 unspecified atom stereocenters. The summed E-state index contributed by atoms with van der Waals surface area (Å²) < 4.78 is 6.29. The Morgan fingerprint density at radius 2 is 2.16 bits per heavy atom. The molecule has 0 saturated carbocycles. The molecule has 1 saturated heterocycles. The summed E-state index contributed by atoms with van der Waals surface area (Å²) in [6.07, 6.45) is 5.81. The van der Waals surface area contributed by atoms with Crippen molar-refractivity contribution >= 4 is 27.3 Å². The van der Waals surface area contributed by atoms with Crippen molar-refractivity contribution in [1.29, 1.82) is 0 Å². The van der Waals surface area contributed by atoms with E-state index < -0.39 is 0 Å². The number of hydrogen-bond acceptors (Lipinski definition) is 5. The molecular weight excluding hydrogens is 326 g/mol. The van der Waals surface area contributed by atoms with Crippen LogP contribution in [0.4, 0.5) is 0 Å². The first kappa shape index (κ1) is 13.3. The molecule has 0 spiro atoms. The maximum Gasteiger partial charge on any atom is 0.169 e. The third-order valence-corrected chi connectivity index (χ3v) is 4.62. The van der Waals surface area contributed by atoms with E-state index in [0.29, 0.717) is 0 Å². The Morgan fingerprint density at radius 3 is 2.89 bits per heavy atom. The molecule has 1 fully saturated rings. The van der Waals surface area contributed by atoms with E-state index in [2.05, 4.69) is 31.3 Å². The molecule has 2 aromatic heterocycles. The zero-order valence-electron chi connectivity index (χ0n) is 10.6. The molecule has 6 heteroatoms. The molecular formula is C13H16BrN3OS. The lowest BCUT2D eigenvalue weighted by Crippen LogP contribution is -2.41. The largest absolute Gasteiger partial charge is 0.448 e. The highest BCUT2D eigenvalue weighted by Gasteiger charge is 2.11. The Balaban J connectivity index is 1.58. The molecule has 3 heterocycles. The molecule has 0 radical (unpaired) electrons. The van der Waals surface area contributed by atoms with Gasteiger partial charge in [0.2, 0.25) is 0 Å². The third kappa shape index (κ3) is 3.45. The van der Waals surface area contributed by atoms with Gasteiger partial charge in [-0.15, -0.1) is 11.3 Å². The Hall–Kier alpha value is -0.690. The van der Waals surface area contributed by atoms with Crippen molar-refractivity contribution in [3.05, 3.63) is 28.0 Å². The predicted octanol–water partition coefficient (Wildman–Crippen LogP) is 3.66. The lowest BCUT2D eigenvalue weighted by molar-refractivity contribution is 0.151. The standard InChI is InChI=1S/C13H16BrN3OS/c14-12-5-4-10(18-12)11-8-15-13(19-11)9-16-17-6-2-1-3-7-17/h4-5,8,16H,1-3,6-7,9H2. The van der Waals surface area contributed by atoms with E-state index in [9.17, 15) is 0 Å². The number of nitrogens with one attached hydrogen (secondary N) is 1. The van der Waals surface area contributed by atoms with Crippen LogP contribution in [0.5, 0.6) is 0 Å². The Morgan fingerprint density at radius 1 is 1.32 bits per heavy atom. The SMILES string of the molecule is Brc1ccc(-c2cnc(CNN3CCCCC3)s2)o1. The molecule has 1 aliphatic heterocycles. The van der Waals surface area contributed by atoms with Gasteiger partial charge < -0.3 is 4.42 Å². The fourth-order valence-electron chi connectivity index (χ4n) is 2.18. The van der Waals surface area contributed by atoms with Gasteiger partial charge in [0, 0.05) is 19.3 Å². The van der Waals surface area contributed by atoms with Gasteiger partial charge in [0.25, 0.3) is 0 Å². The van der Waals surface area contributed by atoms with Gasteiger partial charge in [-0.3, -0.25) is 0 Å². The van der Waals surface area contributed by atoms with Gasteiger partial charge in [-0.25, -0.2) is 15.4 Å². The highest BCUT2D eigenvalue weighted by molar-refractivity contribution is 9.10. The number of rotatable bonds is 4. The Kier molecular flexibility index (Phi) is 4.32. The van der Waals surface area contributed by atoms with Gasteiger partial charge in [0.05, 0.1) is 11.4 Å². The number of piperidine rings is 1. The Bertz CT molecular complexity index is 533. The maximum atomic E-state index is 5.53. The number of nitrogens with zero attached hydrogens (tertiary/aromatic N) is 2. The van der Waals surface area contributed by atoms with E-state index in [1.54, 1.807) is 11.3 Å². The molecule has 3 rings (SSSR count). The number of thiazole rings is 1. The van der Waals surface area contributed by atoms with E-state index in [0.717, 1.165) is 39.9 Å². The average molecular weight is 342 g/mol. The van der Waals surface area contributed by atoms with Crippen LogP contribution in [0, 0.1) is 0 Å². The number of hydrazine groups is 1. The molecule has 2 aromatic rings. The molecule has 1 N–H and O–H groups in total. The average Bonchev–Trinajstić information content (AvgIpc) is 3.06. The van der Waals surface area contributed by atoms with E-state index in [4.69, 9.17) is 4.42 Å². The van der Waals surface area contributed by atoms with E-state index in [1.807, 2.05) is 18.3 Å². The summed E-state index contributed by atoms with van der Waals surface area (Å²) in [7, 11) is 0. The summed E-state index contributed by atoms with van der Waals surface area (Å²) in [5, 5.41) is 3.39. The van der Waals surface area contributed by atoms with Crippen molar-refractivity contribution in [2.45, 2.75) is 25.8 Å². The monoisotopic (exact) mass is 341 g/mol. The number of furan rings is 1. The summed E-state index contributed by atoms with van der Waals surface area (Å²) in [6, 6.07) is 3.86. The van der Waals surface area contributed by atoms with Gasteiger partial charge in [-0.2, -0.15) is 0 Å². The second-order valence-electron chi connectivity index (χ2n) is 4.60. The summed E-state index contributed by atoms with van der Waals surface area (Å²) >= 11 is 4.99. The third-order valence-electron chi connectivity index (χ3n) is 3.18. The summed E-state index contributed by atoms with van der Waals surface area (Å²) in [4.78, 5) is 5.51. The normalized spacial score (nSPS) is 16.9. The van der Waals surface area contributed by atoms with Crippen LogP contribution in [0.1, 0.15) is 24.3 Å². The number of hydrogen-bond donors (Lipinski definition) is 1. The highest BCUT2D eigenvalue weighted by Crippen LogP contribution is 2.29. The van der Waals surface area contributed by atoms with Crippen LogP contribution in [0.2, 0.25) is 0 Å². The smallest absolute Gasteiger partial charge is 0.169 e. The van der Waals surface area contributed by atoms with Crippen molar-refractivity contribution in [3.63, 3.8) is 0 Å². The molecule has 0 aliphatic carbocycles. The lowest BCUT2D eigenvalue weighted by Gasteiger charge is -2.26. The Labute approximate surface area is 124 Å². The van der Waals surface area contributed by atoms with Crippen molar-refractivity contribution in [3.8, 4) is 10.6 Å². The zero-order chi connectivity index (χ0) is 13.1. The van der Waals surface area contributed by atoms with E-state index in [-0.39, 0.29) is 0 Å². The predicted molar refractivity (Wildman–Crippen MR) is 79.8 cm³/mol. The number of aromatic nitrogens is 1.